The van der Waals surface area contributed by atoms with Crippen molar-refractivity contribution in [3.8, 4) is 5.75 Å². The molecule has 0 fully saturated rings. The molecule has 0 aromatic heterocycles. The van der Waals surface area contributed by atoms with Gasteiger partial charge in [-0.1, -0.05) is 26.0 Å². The summed E-state index contributed by atoms with van der Waals surface area (Å²) in [4.78, 5) is 0. The van der Waals surface area contributed by atoms with Crippen molar-refractivity contribution >= 4 is 0 Å². The maximum Gasteiger partial charge on any atom is 0.126 e. The molecule has 1 N–H and O–H groups in total. The molecule has 0 aliphatic heterocycles. The fraction of sp³-hybridized carbons (Fsp3) is 0.571. The van der Waals surface area contributed by atoms with Gasteiger partial charge in [-0.3, -0.25) is 0 Å². The van der Waals surface area contributed by atoms with Crippen molar-refractivity contribution in [1.29, 1.82) is 0 Å². The van der Waals surface area contributed by atoms with Crippen LogP contribution in [0.3, 0.4) is 0 Å². The van der Waals surface area contributed by atoms with Gasteiger partial charge in [0.2, 0.25) is 0 Å². The summed E-state index contributed by atoms with van der Waals surface area (Å²) in [6, 6.07) is 4.74. The molecule has 1 unspecified atom stereocenters. The molecular formula is C14H23NO. The van der Waals surface area contributed by atoms with Crippen molar-refractivity contribution in [2.45, 2.75) is 40.2 Å². The smallest absolute Gasteiger partial charge is 0.126 e. The first kappa shape index (κ1) is 13.0. The van der Waals surface area contributed by atoms with E-state index in [4.69, 9.17) is 4.74 Å². The highest BCUT2D eigenvalue weighted by Gasteiger charge is 2.15. The zero-order valence-corrected chi connectivity index (χ0v) is 11.1. The van der Waals surface area contributed by atoms with E-state index in [2.05, 4.69) is 45.1 Å². The number of rotatable bonds is 5. The highest BCUT2D eigenvalue weighted by Crippen LogP contribution is 2.32. The van der Waals surface area contributed by atoms with E-state index in [1.54, 1.807) is 7.11 Å². The molecule has 0 saturated carbocycles. The maximum absolute atomic E-state index is 5.55. The summed E-state index contributed by atoms with van der Waals surface area (Å²) in [5.41, 5.74) is 3.80. The standard InChI is InChI=1S/C14H23NO/c1-6-13(15-7-2)12-9-8-10(3)11(4)14(12)16-5/h8-9,13,15H,6-7H2,1-5H3. The molecule has 0 aliphatic carbocycles. The van der Waals surface area contributed by atoms with E-state index in [1.165, 1.54) is 16.7 Å². The Labute approximate surface area is 99.0 Å². The number of hydrogen-bond acceptors (Lipinski definition) is 2. The average Bonchev–Trinajstić information content (AvgIpc) is 2.29. The Morgan fingerprint density at radius 1 is 1.25 bits per heavy atom. The SMILES string of the molecule is CCNC(CC)c1ccc(C)c(C)c1OC. The molecule has 0 spiro atoms. The lowest BCUT2D eigenvalue weighted by Gasteiger charge is -2.21. The Morgan fingerprint density at radius 3 is 2.44 bits per heavy atom. The normalized spacial score (nSPS) is 12.6. The lowest BCUT2D eigenvalue weighted by atomic mass is 9.97. The Bertz CT molecular complexity index is 347. The van der Waals surface area contributed by atoms with E-state index < -0.39 is 0 Å². The number of benzene rings is 1. The van der Waals surface area contributed by atoms with Crippen LogP contribution >= 0.6 is 0 Å². The van der Waals surface area contributed by atoms with Gasteiger partial charge in [0.05, 0.1) is 7.11 Å². The Hall–Kier alpha value is -1.02. The average molecular weight is 221 g/mol. The largest absolute Gasteiger partial charge is 0.496 e. The highest BCUT2D eigenvalue weighted by molar-refractivity contribution is 5.46. The molecule has 1 aromatic carbocycles. The first-order chi connectivity index (χ1) is 7.65. The second kappa shape index (κ2) is 5.90. The van der Waals surface area contributed by atoms with Crippen molar-refractivity contribution in [3.05, 3.63) is 28.8 Å². The number of hydrogen-bond donors (Lipinski definition) is 1. The van der Waals surface area contributed by atoms with Gasteiger partial charge in [-0.15, -0.1) is 0 Å². The number of nitrogens with one attached hydrogen (secondary N) is 1. The number of ether oxygens (including phenoxy) is 1. The van der Waals surface area contributed by atoms with Crippen molar-refractivity contribution in [1.82, 2.24) is 5.32 Å². The van der Waals surface area contributed by atoms with Gasteiger partial charge in [0, 0.05) is 11.6 Å². The van der Waals surface area contributed by atoms with Gasteiger partial charge < -0.3 is 10.1 Å². The van der Waals surface area contributed by atoms with Crippen LogP contribution in [0.5, 0.6) is 5.75 Å². The first-order valence-electron chi connectivity index (χ1n) is 6.03. The molecule has 0 amide bonds. The van der Waals surface area contributed by atoms with Crippen molar-refractivity contribution in [2.24, 2.45) is 0 Å². The molecule has 0 heterocycles. The summed E-state index contributed by atoms with van der Waals surface area (Å²) in [5.74, 6) is 1.04. The molecule has 2 nitrogen and oxygen atoms in total. The molecule has 1 atom stereocenters. The summed E-state index contributed by atoms with van der Waals surface area (Å²) >= 11 is 0. The third-order valence-electron chi connectivity index (χ3n) is 3.15. The van der Waals surface area contributed by atoms with Gasteiger partial charge in [0.25, 0.3) is 0 Å². The van der Waals surface area contributed by atoms with Crippen LogP contribution in [0.15, 0.2) is 12.1 Å². The van der Waals surface area contributed by atoms with Crippen LogP contribution in [0.25, 0.3) is 0 Å². The fourth-order valence-electron chi connectivity index (χ4n) is 2.08. The second-order valence-corrected chi connectivity index (χ2v) is 4.15. The predicted molar refractivity (Wildman–Crippen MR) is 69.2 cm³/mol. The van der Waals surface area contributed by atoms with Crippen LogP contribution in [-0.4, -0.2) is 13.7 Å². The van der Waals surface area contributed by atoms with Gasteiger partial charge in [0.1, 0.15) is 5.75 Å². The third-order valence-corrected chi connectivity index (χ3v) is 3.15. The van der Waals surface area contributed by atoms with Crippen molar-refractivity contribution in [2.75, 3.05) is 13.7 Å². The molecule has 2 heteroatoms. The zero-order chi connectivity index (χ0) is 12.1. The lowest BCUT2D eigenvalue weighted by Crippen LogP contribution is -2.21. The summed E-state index contributed by atoms with van der Waals surface area (Å²) in [6.07, 6.45) is 1.08. The molecule has 0 saturated heterocycles. The van der Waals surface area contributed by atoms with E-state index in [-0.39, 0.29) is 0 Å². The second-order valence-electron chi connectivity index (χ2n) is 4.15. The molecule has 0 radical (unpaired) electrons. The van der Waals surface area contributed by atoms with Crippen LogP contribution in [0, 0.1) is 13.8 Å². The van der Waals surface area contributed by atoms with Crippen LogP contribution in [0.4, 0.5) is 0 Å². The number of aryl methyl sites for hydroxylation is 1. The molecule has 0 bridgehead atoms. The number of methoxy groups -OCH3 is 1. The fourth-order valence-corrected chi connectivity index (χ4v) is 2.08. The van der Waals surface area contributed by atoms with Gasteiger partial charge in [-0.2, -0.15) is 0 Å². The Morgan fingerprint density at radius 2 is 1.94 bits per heavy atom. The quantitative estimate of drug-likeness (QED) is 0.823. The van der Waals surface area contributed by atoms with Gasteiger partial charge in [-0.05, 0) is 37.9 Å². The van der Waals surface area contributed by atoms with Gasteiger partial charge in [0.15, 0.2) is 0 Å². The molecule has 0 aliphatic rings. The zero-order valence-electron chi connectivity index (χ0n) is 11.1. The summed E-state index contributed by atoms with van der Waals surface area (Å²) in [6.45, 7) is 9.55. The molecule has 1 rings (SSSR count). The van der Waals surface area contributed by atoms with Crippen LogP contribution in [0.2, 0.25) is 0 Å². The molecule has 90 valence electrons. The van der Waals surface area contributed by atoms with E-state index in [9.17, 15) is 0 Å². The summed E-state index contributed by atoms with van der Waals surface area (Å²) < 4.78 is 5.55. The molecule has 16 heavy (non-hydrogen) atoms. The van der Waals surface area contributed by atoms with Gasteiger partial charge >= 0.3 is 0 Å². The van der Waals surface area contributed by atoms with Crippen molar-refractivity contribution in [3.63, 3.8) is 0 Å². The first-order valence-corrected chi connectivity index (χ1v) is 6.03. The van der Waals surface area contributed by atoms with Gasteiger partial charge in [-0.25, -0.2) is 0 Å². The summed E-state index contributed by atoms with van der Waals surface area (Å²) in [7, 11) is 1.75. The third kappa shape index (κ3) is 2.56. The van der Waals surface area contributed by atoms with Crippen molar-refractivity contribution < 1.29 is 4.74 Å². The van der Waals surface area contributed by atoms with Crippen LogP contribution < -0.4 is 10.1 Å². The van der Waals surface area contributed by atoms with E-state index in [0.29, 0.717) is 6.04 Å². The minimum absolute atomic E-state index is 0.388. The van der Waals surface area contributed by atoms with Crippen LogP contribution in [0.1, 0.15) is 43.0 Å². The van der Waals surface area contributed by atoms with E-state index in [0.717, 1.165) is 18.7 Å². The Kier molecular flexibility index (Phi) is 4.81. The van der Waals surface area contributed by atoms with E-state index in [1.807, 2.05) is 0 Å². The lowest BCUT2D eigenvalue weighted by molar-refractivity contribution is 0.394. The molecule has 1 aromatic rings. The van der Waals surface area contributed by atoms with E-state index >= 15 is 0 Å². The monoisotopic (exact) mass is 221 g/mol. The predicted octanol–water partition coefficient (Wildman–Crippen LogP) is 3.37. The Balaban J connectivity index is 3.16. The van der Waals surface area contributed by atoms with Crippen LogP contribution in [-0.2, 0) is 0 Å². The summed E-state index contributed by atoms with van der Waals surface area (Å²) in [5, 5.41) is 3.49. The topological polar surface area (TPSA) is 21.3 Å². The maximum atomic E-state index is 5.55. The minimum Gasteiger partial charge on any atom is -0.496 e. The minimum atomic E-state index is 0.388. The highest BCUT2D eigenvalue weighted by atomic mass is 16.5. The molecular weight excluding hydrogens is 198 g/mol.